The SMILES string of the molecule is CCC(C)CN(C)c1nc(CO)co1. The number of hydrogen-bond donors (Lipinski definition) is 1. The summed E-state index contributed by atoms with van der Waals surface area (Å²) in [5.74, 6) is 0.615. The topological polar surface area (TPSA) is 49.5 Å². The lowest BCUT2D eigenvalue weighted by Crippen LogP contribution is -2.23. The van der Waals surface area contributed by atoms with Crippen molar-refractivity contribution in [3.05, 3.63) is 12.0 Å². The summed E-state index contributed by atoms with van der Waals surface area (Å²) in [6.45, 7) is 5.20. The van der Waals surface area contributed by atoms with Crippen LogP contribution in [0.2, 0.25) is 0 Å². The van der Waals surface area contributed by atoms with Gasteiger partial charge in [-0.05, 0) is 5.92 Å². The summed E-state index contributed by atoms with van der Waals surface area (Å²) in [5, 5.41) is 8.82. The maximum absolute atomic E-state index is 8.82. The summed E-state index contributed by atoms with van der Waals surface area (Å²) in [4.78, 5) is 6.09. The first-order valence-corrected chi connectivity index (χ1v) is 4.93. The minimum absolute atomic E-state index is 0.0688. The molecule has 0 bridgehead atoms. The van der Waals surface area contributed by atoms with Crippen LogP contribution in [0, 0.1) is 5.92 Å². The number of nitrogens with zero attached hydrogens (tertiary/aromatic N) is 2. The van der Waals surface area contributed by atoms with Crippen molar-refractivity contribution in [2.24, 2.45) is 5.92 Å². The van der Waals surface area contributed by atoms with Crippen molar-refractivity contribution in [3.8, 4) is 0 Å². The highest BCUT2D eigenvalue weighted by atomic mass is 16.4. The third-order valence-corrected chi connectivity index (χ3v) is 2.31. The lowest BCUT2D eigenvalue weighted by atomic mass is 10.1. The molecule has 1 heterocycles. The molecule has 1 rings (SSSR count). The van der Waals surface area contributed by atoms with E-state index in [1.807, 2.05) is 11.9 Å². The van der Waals surface area contributed by atoms with Gasteiger partial charge in [0.15, 0.2) is 0 Å². The lowest BCUT2D eigenvalue weighted by molar-refractivity contribution is 0.276. The number of oxazole rings is 1. The van der Waals surface area contributed by atoms with Crippen molar-refractivity contribution >= 4 is 6.01 Å². The Kier molecular flexibility index (Phi) is 3.95. The molecule has 1 N–H and O–H groups in total. The highest BCUT2D eigenvalue weighted by molar-refractivity contribution is 5.24. The quantitative estimate of drug-likeness (QED) is 0.781. The Morgan fingerprint density at radius 2 is 2.36 bits per heavy atom. The summed E-state index contributed by atoms with van der Waals surface area (Å²) in [6, 6.07) is 0.578. The summed E-state index contributed by atoms with van der Waals surface area (Å²) < 4.78 is 5.22. The fourth-order valence-corrected chi connectivity index (χ4v) is 1.22. The molecule has 4 heteroatoms. The molecule has 4 nitrogen and oxygen atoms in total. The minimum atomic E-state index is -0.0688. The molecule has 0 saturated heterocycles. The maximum atomic E-state index is 8.82. The van der Waals surface area contributed by atoms with E-state index in [1.54, 1.807) is 0 Å². The fraction of sp³-hybridized carbons (Fsp3) is 0.700. The molecule has 0 aliphatic carbocycles. The highest BCUT2D eigenvalue weighted by Gasteiger charge is 2.10. The van der Waals surface area contributed by atoms with E-state index in [4.69, 9.17) is 9.52 Å². The molecule has 0 aliphatic heterocycles. The standard InChI is InChI=1S/C10H18N2O2/c1-4-8(2)5-12(3)10-11-9(6-13)7-14-10/h7-8,13H,4-6H2,1-3H3. The molecule has 1 atom stereocenters. The van der Waals surface area contributed by atoms with E-state index < -0.39 is 0 Å². The largest absolute Gasteiger partial charge is 0.432 e. The van der Waals surface area contributed by atoms with Gasteiger partial charge in [0, 0.05) is 13.6 Å². The molecular weight excluding hydrogens is 180 g/mol. The second-order valence-corrected chi connectivity index (χ2v) is 3.67. The van der Waals surface area contributed by atoms with E-state index in [0.29, 0.717) is 17.6 Å². The normalized spacial score (nSPS) is 12.9. The number of aliphatic hydroxyl groups excluding tert-OH is 1. The van der Waals surface area contributed by atoms with Crippen LogP contribution in [-0.4, -0.2) is 23.7 Å². The first kappa shape index (κ1) is 11.0. The van der Waals surface area contributed by atoms with Crippen LogP contribution in [0.25, 0.3) is 0 Å². The Morgan fingerprint density at radius 3 is 2.86 bits per heavy atom. The van der Waals surface area contributed by atoms with Gasteiger partial charge in [-0.3, -0.25) is 0 Å². The molecule has 0 amide bonds. The smallest absolute Gasteiger partial charge is 0.297 e. The summed E-state index contributed by atoms with van der Waals surface area (Å²) in [6.07, 6.45) is 2.63. The van der Waals surface area contributed by atoms with Gasteiger partial charge in [0.2, 0.25) is 0 Å². The molecule has 0 fully saturated rings. The predicted molar refractivity (Wildman–Crippen MR) is 55.2 cm³/mol. The molecule has 0 aliphatic rings. The second-order valence-electron chi connectivity index (χ2n) is 3.67. The molecule has 80 valence electrons. The van der Waals surface area contributed by atoms with E-state index in [9.17, 15) is 0 Å². The van der Waals surface area contributed by atoms with E-state index in [2.05, 4.69) is 18.8 Å². The van der Waals surface area contributed by atoms with Crippen LogP contribution >= 0.6 is 0 Å². The maximum Gasteiger partial charge on any atom is 0.297 e. The molecule has 1 aromatic heterocycles. The zero-order chi connectivity index (χ0) is 10.6. The number of rotatable bonds is 5. The van der Waals surface area contributed by atoms with Crippen molar-refractivity contribution in [2.75, 3.05) is 18.5 Å². The Bertz CT molecular complexity index is 273. The third kappa shape index (κ3) is 2.73. The number of anilines is 1. The molecule has 1 unspecified atom stereocenters. The Labute approximate surface area is 84.6 Å². The van der Waals surface area contributed by atoms with E-state index in [-0.39, 0.29) is 6.61 Å². The van der Waals surface area contributed by atoms with Gasteiger partial charge >= 0.3 is 0 Å². The van der Waals surface area contributed by atoms with Gasteiger partial charge in [0.25, 0.3) is 6.01 Å². The van der Waals surface area contributed by atoms with E-state index >= 15 is 0 Å². The summed E-state index contributed by atoms with van der Waals surface area (Å²) >= 11 is 0. The van der Waals surface area contributed by atoms with Crippen molar-refractivity contribution in [2.45, 2.75) is 26.9 Å². The molecular formula is C10H18N2O2. The Morgan fingerprint density at radius 1 is 1.64 bits per heavy atom. The minimum Gasteiger partial charge on any atom is -0.432 e. The van der Waals surface area contributed by atoms with Gasteiger partial charge in [-0.1, -0.05) is 20.3 Å². The fourth-order valence-electron chi connectivity index (χ4n) is 1.22. The average molecular weight is 198 g/mol. The monoisotopic (exact) mass is 198 g/mol. The summed E-state index contributed by atoms with van der Waals surface area (Å²) in [7, 11) is 1.94. The van der Waals surface area contributed by atoms with Crippen molar-refractivity contribution in [1.82, 2.24) is 4.98 Å². The van der Waals surface area contributed by atoms with Gasteiger partial charge in [0.05, 0.1) is 6.61 Å². The molecule has 1 aromatic rings. The molecule has 0 radical (unpaired) electrons. The molecule has 14 heavy (non-hydrogen) atoms. The van der Waals surface area contributed by atoms with Crippen LogP contribution in [0.5, 0.6) is 0 Å². The highest BCUT2D eigenvalue weighted by Crippen LogP contribution is 2.14. The van der Waals surface area contributed by atoms with Crippen LogP contribution in [0.15, 0.2) is 10.7 Å². The van der Waals surface area contributed by atoms with Crippen molar-refractivity contribution < 1.29 is 9.52 Å². The number of aliphatic hydroxyl groups is 1. The van der Waals surface area contributed by atoms with Gasteiger partial charge in [-0.25, -0.2) is 0 Å². The zero-order valence-corrected chi connectivity index (χ0v) is 9.03. The van der Waals surface area contributed by atoms with Gasteiger partial charge in [0.1, 0.15) is 12.0 Å². The van der Waals surface area contributed by atoms with Gasteiger partial charge in [-0.2, -0.15) is 4.98 Å². The average Bonchev–Trinajstić information content (AvgIpc) is 2.65. The van der Waals surface area contributed by atoms with Gasteiger partial charge in [-0.15, -0.1) is 0 Å². The number of hydrogen-bond acceptors (Lipinski definition) is 4. The molecule has 0 saturated carbocycles. The van der Waals surface area contributed by atoms with E-state index in [0.717, 1.165) is 13.0 Å². The van der Waals surface area contributed by atoms with Crippen LogP contribution in [0.3, 0.4) is 0 Å². The van der Waals surface area contributed by atoms with E-state index in [1.165, 1.54) is 6.26 Å². The van der Waals surface area contributed by atoms with Gasteiger partial charge < -0.3 is 14.4 Å². The lowest BCUT2D eigenvalue weighted by Gasteiger charge is -2.18. The number of aromatic nitrogens is 1. The first-order chi connectivity index (χ1) is 6.67. The summed E-state index contributed by atoms with van der Waals surface area (Å²) in [5.41, 5.74) is 0.580. The van der Waals surface area contributed by atoms with Crippen molar-refractivity contribution in [3.63, 3.8) is 0 Å². The Balaban J connectivity index is 2.55. The predicted octanol–water partition coefficient (Wildman–Crippen LogP) is 1.65. The van der Waals surface area contributed by atoms with Crippen LogP contribution in [-0.2, 0) is 6.61 Å². The van der Waals surface area contributed by atoms with Crippen molar-refractivity contribution in [1.29, 1.82) is 0 Å². The zero-order valence-electron chi connectivity index (χ0n) is 9.03. The second kappa shape index (κ2) is 5.00. The third-order valence-electron chi connectivity index (χ3n) is 2.31. The molecule has 0 spiro atoms. The molecule has 0 aromatic carbocycles. The van der Waals surface area contributed by atoms with Crippen LogP contribution in [0.4, 0.5) is 6.01 Å². The van der Waals surface area contributed by atoms with Crippen LogP contribution in [0.1, 0.15) is 26.0 Å². The first-order valence-electron chi connectivity index (χ1n) is 4.93. The van der Waals surface area contributed by atoms with Crippen LogP contribution < -0.4 is 4.90 Å². The Hall–Kier alpha value is -1.03.